The third-order valence-electron chi connectivity index (χ3n) is 4.26. The van der Waals surface area contributed by atoms with Crippen LogP contribution in [0.3, 0.4) is 0 Å². The van der Waals surface area contributed by atoms with E-state index >= 15 is 0 Å². The first-order valence-electron chi connectivity index (χ1n) is 8.57. The number of phenols is 1. The van der Waals surface area contributed by atoms with Gasteiger partial charge in [-0.3, -0.25) is 4.99 Å². The van der Waals surface area contributed by atoms with E-state index in [0.717, 1.165) is 11.3 Å². The number of fused-ring (bicyclic) bond motifs is 1. The molecule has 140 valence electrons. The molecule has 0 bridgehead atoms. The number of ether oxygens (including phenoxy) is 1. The summed E-state index contributed by atoms with van der Waals surface area (Å²) in [6, 6.07) is 12.8. The van der Waals surface area contributed by atoms with Crippen molar-refractivity contribution in [3.63, 3.8) is 0 Å². The number of methoxy groups -OCH3 is 1. The van der Waals surface area contributed by atoms with Crippen molar-refractivity contribution in [2.45, 2.75) is 19.9 Å². The number of aliphatic carboxylic acids is 1. The lowest BCUT2D eigenvalue weighted by Gasteiger charge is -2.12. The molecule has 2 aromatic carbocycles. The fourth-order valence-electron chi connectivity index (χ4n) is 2.80. The van der Waals surface area contributed by atoms with E-state index < -0.39 is 12.0 Å². The van der Waals surface area contributed by atoms with Gasteiger partial charge in [-0.15, -0.1) is 0 Å². The van der Waals surface area contributed by atoms with Crippen LogP contribution in [0.1, 0.15) is 13.8 Å². The highest BCUT2D eigenvalue weighted by Gasteiger charge is 2.20. The Balaban J connectivity index is 2.26. The lowest BCUT2D eigenvalue weighted by Crippen LogP contribution is -2.26. The van der Waals surface area contributed by atoms with Crippen LogP contribution in [0.25, 0.3) is 22.3 Å². The number of hydrogen-bond acceptors (Lipinski definition) is 5. The molecule has 0 aliphatic rings. The minimum atomic E-state index is -0.995. The second-order valence-electron chi connectivity index (χ2n) is 6.56. The molecule has 0 fully saturated rings. The molecule has 0 saturated carbocycles. The molecular formula is C21H21NO5. The molecule has 1 heterocycles. The van der Waals surface area contributed by atoms with Crippen LogP contribution in [0.15, 0.2) is 57.9 Å². The Bertz CT molecular complexity index is 1030. The van der Waals surface area contributed by atoms with Gasteiger partial charge in [-0.1, -0.05) is 13.8 Å². The maximum atomic E-state index is 11.6. The largest absolute Gasteiger partial charge is 0.508 e. The molecule has 3 rings (SSSR count). The lowest BCUT2D eigenvalue weighted by atomic mass is 10.1. The van der Waals surface area contributed by atoms with Gasteiger partial charge in [-0.25, -0.2) is 4.79 Å². The maximum Gasteiger partial charge on any atom is 0.328 e. The smallest absolute Gasteiger partial charge is 0.328 e. The maximum absolute atomic E-state index is 11.6. The molecule has 1 atom stereocenters. The summed E-state index contributed by atoms with van der Waals surface area (Å²) < 4.78 is 11.1. The Morgan fingerprint density at radius 3 is 2.41 bits per heavy atom. The second kappa shape index (κ2) is 7.53. The molecule has 6 heteroatoms. The van der Waals surface area contributed by atoms with Gasteiger partial charge in [0.05, 0.1) is 12.5 Å². The van der Waals surface area contributed by atoms with Gasteiger partial charge in [0.2, 0.25) is 0 Å². The van der Waals surface area contributed by atoms with Crippen LogP contribution in [-0.2, 0) is 4.79 Å². The molecule has 0 spiro atoms. The van der Waals surface area contributed by atoms with E-state index in [-0.39, 0.29) is 11.7 Å². The van der Waals surface area contributed by atoms with Gasteiger partial charge >= 0.3 is 5.97 Å². The van der Waals surface area contributed by atoms with Crippen LogP contribution in [0.4, 0.5) is 0 Å². The predicted octanol–water partition coefficient (Wildman–Crippen LogP) is 3.82. The summed E-state index contributed by atoms with van der Waals surface area (Å²) >= 11 is 0. The zero-order valence-corrected chi connectivity index (χ0v) is 15.3. The van der Waals surface area contributed by atoms with Gasteiger partial charge in [-0.05, 0) is 48.4 Å². The fourth-order valence-corrected chi connectivity index (χ4v) is 2.80. The molecule has 0 amide bonds. The number of benzene rings is 2. The Labute approximate surface area is 156 Å². The van der Waals surface area contributed by atoms with E-state index in [0.29, 0.717) is 22.1 Å². The quantitative estimate of drug-likeness (QED) is 0.715. The van der Waals surface area contributed by atoms with Gasteiger partial charge in [0.1, 0.15) is 28.9 Å². The van der Waals surface area contributed by atoms with E-state index in [1.165, 1.54) is 12.1 Å². The molecule has 3 aromatic rings. The molecular weight excluding hydrogens is 346 g/mol. The Kier molecular flexibility index (Phi) is 5.16. The number of carbonyl (C=O) groups is 1. The van der Waals surface area contributed by atoms with Gasteiger partial charge < -0.3 is 19.4 Å². The van der Waals surface area contributed by atoms with Gasteiger partial charge in [0.15, 0.2) is 0 Å². The van der Waals surface area contributed by atoms with Crippen molar-refractivity contribution in [1.29, 1.82) is 0 Å². The minimum Gasteiger partial charge on any atom is -0.508 e. The van der Waals surface area contributed by atoms with Crippen LogP contribution in [0, 0.1) is 5.92 Å². The number of hydrogen-bond donors (Lipinski definition) is 2. The van der Waals surface area contributed by atoms with Crippen molar-refractivity contribution in [3.05, 3.63) is 53.9 Å². The highest BCUT2D eigenvalue weighted by Crippen LogP contribution is 2.26. The van der Waals surface area contributed by atoms with Crippen LogP contribution < -0.4 is 10.1 Å². The Morgan fingerprint density at radius 2 is 1.81 bits per heavy atom. The summed E-state index contributed by atoms with van der Waals surface area (Å²) in [5, 5.41) is 20.3. The van der Waals surface area contributed by atoms with Crippen molar-refractivity contribution in [3.8, 4) is 22.8 Å². The number of nitrogens with zero attached hydrogens (tertiary/aromatic N) is 1. The molecule has 1 unspecified atom stereocenters. The van der Waals surface area contributed by atoms with E-state index in [1.807, 2.05) is 24.3 Å². The van der Waals surface area contributed by atoms with E-state index in [1.54, 1.807) is 33.1 Å². The third kappa shape index (κ3) is 3.95. The van der Waals surface area contributed by atoms with Gasteiger partial charge in [0, 0.05) is 17.0 Å². The number of aromatic hydroxyl groups is 1. The molecule has 6 nitrogen and oxygen atoms in total. The van der Waals surface area contributed by atoms with Crippen molar-refractivity contribution in [2.24, 2.45) is 10.9 Å². The summed E-state index contributed by atoms with van der Waals surface area (Å²) in [5.41, 5.74) is 1.31. The topological polar surface area (TPSA) is 92.3 Å². The first kappa shape index (κ1) is 18.5. The standard InChI is InChI=1S/C21H21NO5/c1-12(2)20(21(24)25)22-17-11-19(13-4-7-15(26-3)8-5-13)27-18-9-6-14(23)10-16(17)18/h4-12,20,23H,1-3H3,(H,24,25). The molecule has 0 aliphatic carbocycles. The van der Waals surface area contributed by atoms with Crippen molar-refractivity contribution in [1.82, 2.24) is 0 Å². The average molecular weight is 367 g/mol. The molecule has 1 aromatic heterocycles. The zero-order valence-electron chi connectivity index (χ0n) is 15.3. The van der Waals surface area contributed by atoms with Crippen molar-refractivity contribution in [2.75, 3.05) is 7.11 Å². The number of phenolic OH excluding ortho intramolecular Hbond substituents is 1. The molecule has 0 aliphatic heterocycles. The Morgan fingerprint density at radius 1 is 1.11 bits per heavy atom. The van der Waals surface area contributed by atoms with Gasteiger partial charge in [0.25, 0.3) is 0 Å². The summed E-state index contributed by atoms with van der Waals surface area (Å²) in [6.45, 7) is 3.61. The van der Waals surface area contributed by atoms with Crippen molar-refractivity contribution < 1.29 is 24.2 Å². The zero-order chi connectivity index (χ0) is 19.6. The summed E-state index contributed by atoms with van der Waals surface area (Å²) in [6.07, 6.45) is 0. The normalized spacial score (nSPS) is 13.1. The van der Waals surface area contributed by atoms with Crippen LogP contribution in [0.5, 0.6) is 11.5 Å². The summed E-state index contributed by atoms with van der Waals surface area (Å²) in [4.78, 5) is 16.0. The Hall–Kier alpha value is -3.28. The van der Waals surface area contributed by atoms with Crippen LogP contribution >= 0.6 is 0 Å². The van der Waals surface area contributed by atoms with Crippen molar-refractivity contribution >= 4 is 16.9 Å². The highest BCUT2D eigenvalue weighted by atomic mass is 16.5. The molecule has 2 N–H and O–H groups in total. The first-order valence-corrected chi connectivity index (χ1v) is 8.57. The number of carboxylic acids is 1. The summed E-state index contributed by atoms with van der Waals surface area (Å²) in [7, 11) is 1.59. The van der Waals surface area contributed by atoms with Crippen LogP contribution in [0.2, 0.25) is 0 Å². The first-order chi connectivity index (χ1) is 12.9. The number of rotatable bonds is 5. The van der Waals surface area contributed by atoms with E-state index in [9.17, 15) is 15.0 Å². The molecule has 0 radical (unpaired) electrons. The second-order valence-corrected chi connectivity index (χ2v) is 6.56. The highest BCUT2D eigenvalue weighted by molar-refractivity contribution is 5.80. The predicted molar refractivity (Wildman–Crippen MR) is 102 cm³/mol. The van der Waals surface area contributed by atoms with Gasteiger partial charge in [-0.2, -0.15) is 0 Å². The molecule has 0 saturated heterocycles. The third-order valence-corrected chi connectivity index (χ3v) is 4.26. The van der Waals surface area contributed by atoms with E-state index in [2.05, 4.69) is 4.99 Å². The summed E-state index contributed by atoms with van der Waals surface area (Å²) in [5.74, 6) is 0.145. The minimum absolute atomic E-state index is 0.0581. The van der Waals surface area contributed by atoms with E-state index in [4.69, 9.17) is 9.15 Å². The SMILES string of the molecule is COc1ccc(-c2cc(=NC(C(=O)O)C(C)C)c3cc(O)ccc3o2)cc1. The monoisotopic (exact) mass is 367 g/mol. The number of carboxylic acid groups (broad SMARTS) is 1. The lowest BCUT2D eigenvalue weighted by molar-refractivity contribution is -0.139. The fraction of sp³-hybridized carbons (Fsp3) is 0.238. The molecule has 27 heavy (non-hydrogen) atoms. The van der Waals surface area contributed by atoms with Crippen LogP contribution in [-0.4, -0.2) is 29.3 Å². The average Bonchev–Trinajstić information content (AvgIpc) is 2.65.